The minimum Gasteiger partial charge on any atom is -0.480 e. The van der Waals surface area contributed by atoms with Crippen LogP contribution in [0.1, 0.15) is 55.4 Å². The largest absolute Gasteiger partial charge is 0.480 e. The Bertz CT molecular complexity index is 506. The summed E-state index contributed by atoms with van der Waals surface area (Å²) >= 11 is 0. The summed E-state index contributed by atoms with van der Waals surface area (Å²) in [5.41, 5.74) is 10.2. The zero-order valence-electron chi connectivity index (χ0n) is 14.0. The van der Waals surface area contributed by atoms with E-state index in [2.05, 4.69) is 39.8 Å². The van der Waals surface area contributed by atoms with Gasteiger partial charge in [-0.2, -0.15) is 0 Å². The second-order valence-electron chi connectivity index (χ2n) is 6.54. The van der Waals surface area contributed by atoms with E-state index in [1.165, 1.54) is 22.3 Å². The average Bonchev–Trinajstić information content (AvgIpc) is 2.41. The van der Waals surface area contributed by atoms with E-state index in [0.29, 0.717) is 12.3 Å². The van der Waals surface area contributed by atoms with Crippen molar-refractivity contribution in [3.8, 4) is 0 Å². The van der Waals surface area contributed by atoms with Gasteiger partial charge in [0.15, 0.2) is 0 Å². The third-order valence-electron chi connectivity index (χ3n) is 4.68. The summed E-state index contributed by atoms with van der Waals surface area (Å²) in [5, 5.41) is 9.17. The lowest BCUT2D eigenvalue weighted by molar-refractivity contribution is -0.143. The van der Waals surface area contributed by atoms with E-state index >= 15 is 0 Å². The summed E-state index contributed by atoms with van der Waals surface area (Å²) in [6, 6.07) is 4.33. The molecule has 1 aromatic rings. The average molecular weight is 291 g/mol. The van der Waals surface area contributed by atoms with Gasteiger partial charge in [0.1, 0.15) is 5.54 Å². The van der Waals surface area contributed by atoms with Gasteiger partial charge in [0.2, 0.25) is 0 Å². The van der Waals surface area contributed by atoms with E-state index in [0.717, 1.165) is 19.3 Å². The molecule has 0 spiro atoms. The predicted molar refractivity (Wildman–Crippen MR) is 87.6 cm³/mol. The monoisotopic (exact) mass is 291 g/mol. The molecule has 0 aliphatic heterocycles. The molecule has 3 N–H and O–H groups in total. The van der Waals surface area contributed by atoms with Gasteiger partial charge in [0.25, 0.3) is 0 Å². The minimum absolute atomic E-state index is 0.343. The Balaban J connectivity index is 2.77. The van der Waals surface area contributed by atoms with Crippen LogP contribution in [0.4, 0.5) is 0 Å². The summed E-state index contributed by atoms with van der Waals surface area (Å²) in [4.78, 5) is 11.2. The maximum atomic E-state index is 11.2. The van der Waals surface area contributed by atoms with Crippen molar-refractivity contribution in [2.24, 2.45) is 11.7 Å². The van der Waals surface area contributed by atoms with Crippen LogP contribution in [0.5, 0.6) is 0 Å². The fourth-order valence-electron chi connectivity index (χ4n) is 2.88. The van der Waals surface area contributed by atoms with E-state index in [1.54, 1.807) is 6.92 Å². The Hall–Kier alpha value is -1.35. The van der Waals surface area contributed by atoms with Crippen molar-refractivity contribution in [2.75, 3.05) is 0 Å². The van der Waals surface area contributed by atoms with Gasteiger partial charge in [-0.15, -0.1) is 0 Å². The Kier molecular flexibility index (Phi) is 5.97. The van der Waals surface area contributed by atoms with Crippen LogP contribution in [0, 0.1) is 26.7 Å². The number of rotatable bonds is 7. The Morgan fingerprint density at radius 1 is 1.29 bits per heavy atom. The fourth-order valence-corrected chi connectivity index (χ4v) is 2.88. The zero-order chi connectivity index (χ0) is 16.2. The van der Waals surface area contributed by atoms with Crippen LogP contribution in [-0.2, 0) is 11.2 Å². The van der Waals surface area contributed by atoms with Gasteiger partial charge in [-0.25, -0.2) is 0 Å². The number of hydrogen-bond donors (Lipinski definition) is 2. The van der Waals surface area contributed by atoms with Crippen molar-refractivity contribution in [1.29, 1.82) is 0 Å². The lowest BCUT2D eigenvalue weighted by Crippen LogP contribution is -2.46. The molecule has 3 heteroatoms. The highest BCUT2D eigenvalue weighted by atomic mass is 16.4. The fraction of sp³-hybridized carbons (Fsp3) is 0.611. The van der Waals surface area contributed by atoms with Crippen molar-refractivity contribution in [3.05, 3.63) is 34.4 Å². The second kappa shape index (κ2) is 7.08. The lowest BCUT2D eigenvalue weighted by Gasteiger charge is -2.25. The maximum Gasteiger partial charge on any atom is 0.323 e. The molecule has 0 bridgehead atoms. The highest BCUT2D eigenvalue weighted by Gasteiger charge is 2.30. The van der Waals surface area contributed by atoms with E-state index in [4.69, 9.17) is 5.73 Å². The van der Waals surface area contributed by atoms with Gasteiger partial charge in [-0.1, -0.05) is 25.5 Å². The molecule has 2 atom stereocenters. The Labute approximate surface area is 128 Å². The SMILES string of the molecule is CCC(CCc1c(C)ccc(C)c1C)CC(C)(N)C(=O)O. The molecular weight excluding hydrogens is 262 g/mol. The third-order valence-corrected chi connectivity index (χ3v) is 4.68. The number of nitrogens with two attached hydrogens (primary N) is 1. The molecule has 1 aromatic carbocycles. The predicted octanol–water partition coefficient (Wildman–Crippen LogP) is 3.76. The molecule has 118 valence electrons. The van der Waals surface area contributed by atoms with E-state index in [9.17, 15) is 9.90 Å². The highest BCUT2D eigenvalue weighted by Crippen LogP contribution is 2.26. The van der Waals surface area contributed by atoms with Crippen molar-refractivity contribution in [3.63, 3.8) is 0 Å². The smallest absolute Gasteiger partial charge is 0.323 e. The number of benzene rings is 1. The number of aliphatic carboxylic acids is 1. The van der Waals surface area contributed by atoms with Gasteiger partial charge in [0, 0.05) is 0 Å². The quantitative estimate of drug-likeness (QED) is 0.804. The molecule has 0 heterocycles. The highest BCUT2D eigenvalue weighted by molar-refractivity contribution is 5.77. The van der Waals surface area contributed by atoms with Gasteiger partial charge in [-0.3, -0.25) is 4.79 Å². The van der Waals surface area contributed by atoms with Crippen LogP contribution < -0.4 is 5.73 Å². The summed E-state index contributed by atoms with van der Waals surface area (Å²) in [5.74, 6) is -0.570. The van der Waals surface area contributed by atoms with Gasteiger partial charge < -0.3 is 10.8 Å². The molecular formula is C18H29NO2. The first kappa shape index (κ1) is 17.7. The van der Waals surface area contributed by atoms with Crippen LogP contribution in [0.3, 0.4) is 0 Å². The van der Waals surface area contributed by atoms with Crippen molar-refractivity contribution < 1.29 is 9.90 Å². The summed E-state index contributed by atoms with van der Waals surface area (Å²) < 4.78 is 0. The van der Waals surface area contributed by atoms with Crippen LogP contribution in [-0.4, -0.2) is 16.6 Å². The zero-order valence-corrected chi connectivity index (χ0v) is 14.0. The number of hydrogen-bond acceptors (Lipinski definition) is 2. The van der Waals surface area contributed by atoms with Crippen LogP contribution in [0.25, 0.3) is 0 Å². The third kappa shape index (κ3) is 4.57. The van der Waals surface area contributed by atoms with Crippen molar-refractivity contribution in [1.82, 2.24) is 0 Å². The molecule has 1 rings (SSSR count). The first-order valence-corrected chi connectivity index (χ1v) is 7.77. The Morgan fingerprint density at radius 2 is 1.86 bits per heavy atom. The van der Waals surface area contributed by atoms with Gasteiger partial charge in [-0.05, 0) is 75.1 Å². The molecule has 21 heavy (non-hydrogen) atoms. The number of carboxylic acid groups (broad SMARTS) is 1. The van der Waals surface area contributed by atoms with E-state index in [1.807, 2.05) is 0 Å². The maximum absolute atomic E-state index is 11.2. The first-order chi connectivity index (χ1) is 9.69. The first-order valence-electron chi connectivity index (χ1n) is 7.77. The summed E-state index contributed by atoms with van der Waals surface area (Å²) in [7, 11) is 0. The van der Waals surface area contributed by atoms with Crippen LogP contribution >= 0.6 is 0 Å². The van der Waals surface area contributed by atoms with Gasteiger partial charge in [0.05, 0.1) is 0 Å². The molecule has 0 aliphatic carbocycles. The standard InChI is InChI=1S/C18H29NO2/c1-6-15(11-18(5,19)17(20)21)9-10-16-13(3)8-7-12(2)14(16)4/h7-8,15H,6,9-11,19H2,1-5H3,(H,20,21). The molecule has 0 radical (unpaired) electrons. The second-order valence-corrected chi connectivity index (χ2v) is 6.54. The Morgan fingerprint density at radius 3 is 2.38 bits per heavy atom. The summed E-state index contributed by atoms with van der Waals surface area (Å²) in [6.07, 6.45) is 3.47. The molecule has 0 aliphatic rings. The number of carboxylic acids is 1. The molecule has 0 saturated carbocycles. The topological polar surface area (TPSA) is 63.3 Å². The van der Waals surface area contributed by atoms with Crippen molar-refractivity contribution in [2.45, 2.75) is 65.8 Å². The molecule has 0 aromatic heterocycles. The van der Waals surface area contributed by atoms with Crippen molar-refractivity contribution >= 4 is 5.97 Å². The molecule has 0 saturated heterocycles. The van der Waals surface area contributed by atoms with E-state index < -0.39 is 11.5 Å². The molecule has 0 fully saturated rings. The lowest BCUT2D eigenvalue weighted by atomic mass is 9.83. The molecule has 0 amide bonds. The number of carbonyl (C=O) groups is 1. The summed E-state index contributed by atoms with van der Waals surface area (Å²) in [6.45, 7) is 10.2. The van der Waals surface area contributed by atoms with Gasteiger partial charge >= 0.3 is 5.97 Å². The van der Waals surface area contributed by atoms with E-state index in [-0.39, 0.29) is 0 Å². The van der Waals surface area contributed by atoms with Crippen LogP contribution in [0.2, 0.25) is 0 Å². The van der Waals surface area contributed by atoms with Crippen LogP contribution in [0.15, 0.2) is 12.1 Å². The normalized spacial score (nSPS) is 15.5. The number of aryl methyl sites for hydroxylation is 2. The molecule has 2 unspecified atom stereocenters. The minimum atomic E-state index is -1.13. The molecule has 3 nitrogen and oxygen atoms in total.